The van der Waals surface area contributed by atoms with Crippen molar-refractivity contribution in [2.24, 2.45) is 16.6 Å². The Kier molecular flexibility index (Phi) is 9.86. The van der Waals surface area contributed by atoms with E-state index in [1.165, 1.54) is 10.5 Å². The van der Waals surface area contributed by atoms with Crippen molar-refractivity contribution in [2.45, 2.75) is 45.2 Å². The Labute approximate surface area is 176 Å². The van der Waals surface area contributed by atoms with E-state index in [2.05, 4.69) is 36.3 Å². The van der Waals surface area contributed by atoms with Gasteiger partial charge in [-0.1, -0.05) is 26.0 Å². The van der Waals surface area contributed by atoms with E-state index >= 15 is 0 Å². The van der Waals surface area contributed by atoms with Crippen LogP contribution in [0.5, 0.6) is 0 Å². The highest BCUT2D eigenvalue weighted by atomic mass is 127. The van der Waals surface area contributed by atoms with E-state index in [0.717, 1.165) is 24.9 Å². The van der Waals surface area contributed by atoms with Crippen LogP contribution in [0.2, 0.25) is 0 Å². The number of nitrogens with one attached hydrogen (secondary N) is 1. The number of alkyl halides is 3. The van der Waals surface area contributed by atoms with Crippen LogP contribution in [0.15, 0.2) is 29.3 Å². The van der Waals surface area contributed by atoms with E-state index in [1.807, 2.05) is 12.1 Å². The van der Waals surface area contributed by atoms with Gasteiger partial charge in [0, 0.05) is 12.2 Å². The van der Waals surface area contributed by atoms with Gasteiger partial charge in [-0.15, -0.1) is 24.0 Å². The van der Waals surface area contributed by atoms with Crippen molar-refractivity contribution in [1.82, 2.24) is 4.90 Å². The van der Waals surface area contributed by atoms with Crippen LogP contribution in [-0.4, -0.2) is 43.2 Å². The predicted molar refractivity (Wildman–Crippen MR) is 116 cm³/mol. The van der Waals surface area contributed by atoms with Crippen LogP contribution in [0.3, 0.4) is 0 Å². The van der Waals surface area contributed by atoms with Gasteiger partial charge in [0.05, 0.1) is 6.54 Å². The minimum Gasteiger partial charge on any atom is -0.370 e. The second-order valence-corrected chi connectivity index (χ2v) is 7.30. The number of guanidine groups is 1. The number of hydrogen-bond acceptors (Lipinski definition) is 2. The summed E-state index contributed by atoms with van der Waals surface area (Å²) in [6.45, 7) is 5.07. The minimum atomic E-state index is -4.11. The van der Waals surface area contributed by atoms with Gasteiger partial charge in [-0.3, -0.25) is 9.89 Å². The molecular formula is C19H30F3IN4. The third-order valence-electron chi connectivity index (χ3n) is 4.76. The van der Waals surface area contributed by atoms with E-state index in [9.17, 15) is 13.2 Å². The fourth-order valence-corrected chi connectivity index (χ4v) is 3.22. The van der Waals surface area contributed by atoms with Crippen LogP contribution in [0.4, 0.5) is 18.9 Å². The van der Waals surface area contributed by atoms with Crippen LogP contribution < -0.4 is 11.1 Å². The maximum absolute atomic E-state index is 12.4. The number of anilines is 1. The number of piperidine rings is 1. The quantitative estimate of drug-likeness (QED) is 0.336. The van der Waals surface area contributed by atoms with Crippen molar-refractivity contribution >= 4 is 35.6 Å². The number of nitrogens with zero attached hydrogens (tertiary/aromatic N) is 2. The molecule has 27 heavy (non-hydrogen) atoms. The van der Waals surface area contributed by atoms with Gasteiger partial charge in [0.1, 0.15) is 0 Å². The van der Waals surface area contributed by atoms with E-state index in [-0.39, 0.29) is 24.0 Å². The fraction of sp³-hybridized carbons (Fsp3) is 0.632. The molecule has 0 spiro atoms. The van der Waals surface area contributed by atoms with Crippen LogP contribution in [0, 0.1) is 5.92 Å². The van der Waals surface area contributed by atoms with Gasteiger partial charge in [0.15, 0.2) is 5.96 Å². The molecule has 1 fully saturated rings. The van der Waals surface area contributed by atoms with Gasteiger partial charge in [0.2, 0.25) is 0 Å². The third-order valence-corrected chi connectivity index (χ3v) is 4.76. The number of hydrogen-bond donors (Lipinski definition) is 2. The van der Waals surface area contributed by atoms with E-state index in [4.69, 9.17) is 5.73 Å². The summed E-state index contributed by atoms with van der Waals surface area (Å²) in [6, 6.07) is 8.07. The molecule has 2 rings (SSSR count). The Morgan fingerprint density at radius 2 is 1.96 bits per heavy atom. The van der Waals surface area contributed by atoms with Gasteiger partial charge in [-0.2, -0.15) is 13.2 Å². The van der Waals surface area contributed by atoms with Gasteiger partial charge in [-0.05, 0) is 61.9 Å². The molecule has 1 aliphatic rings. The second kappa shape index (κ2) is 11.1. The predicted octanol–water partition coefficient (Wildman–Crippen LogP) is 4.82. The molecule has 0 unspecified atom stereocenters. The third kappa shape index (κ3) is 9.14. The van der Waals surface area contributed by atoms with Crippen LogP contribution >= 0.6 is 24.0 Å². The summed E-state index contributed by atoms with van der Waals surface area (Å²) in [5, 5.41) is 3.10. The molecule has 0 saturated carbocycles. The van der Waals surface area contributed by atoms with Crippen molar-refractivity contribution < 1.29 is 13.2 Å². The van der Waals surface area contributed by atoms with Crippen molar-refractivity contribution in [1.29, 1.82) is 0 Å². The van der Waals surface area contributed by atoms with Crippen LogP contribution in [0.25, 0.3) is 0 Å². The summed E-state index contributed by atoms with van der Waals surface area (Å²) in [4.78, 5) is 5.84. The zero-order valence-electron chi connectivity index (χ0n) is 15.9. The fourth-order valence-electron chi connectivity index (χ4n) is 3.22. The summed E-state index contributed by atoms with van der Waals surface area (Å²) in [5.41, 5.74) is 8.09. The normalized spacial score (nSPS) is 17.0. The Morgan fingerprint density at radius 1 is 1.30 bits per heavy atom. The van der Waals surface area contributed by atoms with Crippen molar-refractivity contribution in [3.8, 4) is 0 Å². The number of aliphatic imine (C=N–C) groups is 1. The summed E-state index contributed by atoms with van der Waals surface area (Å²) < 4.78 is 37.2. The lowest BCUT2D eigenvalue weighted by Crippen LogP contribution is -2.40. The molecule has 1 aliphatic heterocycles. The highest BCUT2D eigenvalue weighted by molar-refractivity contribution is 14.0. The van der Waals surface area contributed by atoms with Gasteiger partial charge in [0.25, 0.3) is 0 Å². The molecule has 1 aromatic carbocycles. The van der Waals surface area contributed by atoms with Crippen molar-refractivity contribution in [2.75, 3.05) is 31.5 Å². The molecule has 0 atom stereocenters. The zero-order valence-corrected chi connectivity index (χ0v) is 18.3. The minimum absolute atomic E-state index is 0. The van der Waals surface area contributed by atoms with Crippen LogP contribution in [0.1, 0.15) is 44.6 Å². The largest absolute Gasteiger partial charge is 0.401 e. The molecule has 0 aliphatic carbocycles. The Balaban J connectivity index is 0.00000364. The molecule has 1 aromatic rings. The van der Waals surface area contributed by atoms with Crippen LogP contribution in [-0.2, 0) is 0 Å². The Hall–Kier alpha value is -1.03. The first-order valence-corrected chi connectivity index (χ1v) is 9.19. The maximum atomic E-state index is 12.4. The number of nitrogens with two attached hydrogens (primary N) is 1. The van der Waals surface area contributed by atoms with Gasteiger partial charge in [-0.25, -0.2) is 0 Å². The maximum Gasteiger partial charge on any atom is 0.401 e. The monoisotopic (exact) mass is 498 g/mol. The zero-order chi connectivity index (χ0) is 19.2. The summed E-state index contributed by atoms with van der Waals surface area (Å²) in [6.07, 6.45) is -1.68. The van der Waals surface area contributed by atoms with Gasteiger partial charge < -0.3 is 11.1 Å². The number of likely N-dealkylation sites (tertiary alicyclic amines) is 1. The summed E-state index contributed by atoms with van der Waals surface area (Å²) in [7, 11) is 0. The Bertz CT molecular complexity index is 597. The van der Waals surface area contributed by atoms with Crippen molar-refractivity contribution in [3.05, 3.63) is 29.8 Å². The highest BCUT2D eigenvalue weighted by Gasteiger charge is 2.32. The highest BCUT2D eigenvalue weighted by Crippen LogP contribution is 2.24. The number of rotatable bonds is 6. The lowest BCUT2D eigenvalue weighted by molar-refractivity contribution is -0.148. The first kappa shape index (κ1) is 24.0. The van der Waals surface area contributed by atoms with Crippen molar-refractivity contribution in [3.63, 3.8) is 0 Å². The standard InChI is InChI=1S/C19H29F3N4.HI/c1-14(2)16-4-3-5-17(12-16)25-18(23)24-9-6-15-7-10-26(11-8-15)13-19(20,21)22;/h3-5,12,14-15H,6-11,13H2,1-2H3,(H3,23,24,25);1H. The average Bonchev–Trinajstić information content (AvgIpc) is 2.55. The molecule has 0 aromatic heterocycles. The summed E-state index contributed by atoms with van der Waals surface area (Å²) in [5.74, 6) is 1.24. The SMILES string of the molecule is CC(C)c1cccc(NC(N)=NCCC2CCN(CC(F)(F)F)CC2)c1.I. The van der Waals surface area contributed by atoms with Gasteiger partial charge >= 0.3 is 6.18 Å². The molecule has 1 saturated heterocycles. The molecule has 0 radical (unpaired) electrons. The lowest BCUT2D eigenvalue weighted by Gasteiger charge is -2.32. The first-order valence-electron chi connectivity index (χ1n) is 9.19. The molecule has 3 N–H and O–H groups in total. The number of benzene rings is 1. The van der Waals surface area contributed by atoms with E-state index < -0.39 is 12.7 Å². The lowest BCUT2D eigenvalue weighted by atomic mass is 9.93. The molecule has 8 heteroatoms. The molecular weight excluding hydrogens is 468 g/mol. The topological polar surface area (TPSA) is 53.6 Å². The second-order valence-electron chi connectivity index (χ2n) is 7.30. The molecule has 4 nitrogen and oxygen atoms in total. The molecule has 0 amide bonds. The summed E-state index contributed by atoms with van der Waals surface area (Å²) >= 11 is 0. The smallest absolute Gasteiger partial charge is 0.370 e. The average molecular weight is 498 g/mol. The van der Waals surface area contributed by atoms with E-state index in [0.29, 0.717) is 37.4 Å². The molecule has 154 valence electrons. The Morgan fingerprint density at radius 3 is 2.56 bits per heavy atom. The first-order chi connectivity index (χ1) is 12.2. The number of halogens is 4. The molecule has 0 bridgehead atoms. The van der Waals surface area contributed by atoms with E-state index in [1.54, 1.807) is 0 Å². The molecule has 1 heterocycles.